The molecule has 1 aliphatic rings. The number of carbonyl (C=O) groups is 1. The molecule has 0 saturated carbocycles. The van der Waals surface area contributed by atoms with E-state index in [-0.39, 0.29) is 5.69 Å². The maximum absolute atomic E-state index is 11.1. The van der Waals surface area contributed by atoms with E-state index in [0.717, 1.165) is 19.5 Å². The Morgan fingerprint density at radius 1 is 1.37 bits per heavy atom. The zero-order chi connectivity index (χ0) is 14.0. The molecular weight excluding hydrogens is 244 g/mol. The van der Waals surface area contributed by atoms with Gasteiger partial charge in [0.2, 0.25) is 0 Å². The number of aldehydes is 1. The van der Waals surface area contributed by atoms with Crippen LogP contribution in [0.4, 0.5) is 11.4 Å². The van der Waals surface area contributed by atoms with Crippen LogP contribution >= 0.6 is 0 Å². The average Bonchev–Trinajstić information content (AvgIpc) is 2.41. The molecule has 1 aromatic rings. The van der Waals surface area contributed by atoms with Crippen molar-refractivity contribution in [1.29, 1.82) is 0 Å². The maximum Gasteiger partial charge on any atom is 0.293 e. The molecule has 102 valence electrons. The summed E-state index contributed by atoms with van der Waals surface area (Å²) in [6.45, 7) is 6.03. The summed E-state index contributed by atoms with van der Waals surface area (Å²) in [5.74, 6) is 1.16. The second-order valence-electron chi connectivity index (χ2n) is 5.31. The number of carbonyl (C=O) groups excluding carboxylic acids is 1. The van der Waals surface area contributed by atoms with Crippen LogP contribution in [0.5, 0.6) is 0 Å². The van der Waals surface area contributed by atoms with Gasteiger partial charge in [0.25, 0.3) is 5.69 Å². The van der Waals surface area contributed by atoms with Gasteiger partial charge in [-0.05, 0) is 30.4 Å². The van der Waals surface area contributed by atoms with Crippen molar-refractivity contribution in [3.8, 4) is 0 Å². The molecule has 1 saturated heterocycles. The number of nitrogens with zero attached hydrogens (tertiary/aromatic N) is 2. The average molecular weight is 262 g/mol. The van der Waals surface area contributed by atoms with Crippen LogP contribution in [0.25, 0.3) is 0 Å². The van der Waals surface area contributed by atoms with Crippen LogP contribution in [-0.4, -0.2) is 24.3 Å². The van der Waals surface area contributed by atoms with E-state index in [1.54, 1.807) is 12.1 Å². The monoisotopic (exact) mass is 262 g/mol. The lowest BCUT2D eigenvalue weighted by atomic mass is 9.88. The number of rotatable bonds is 3. The first-order valence-corrected chi connectivity index (χ1v) is 6.51. The molecule has 1 heterocycles. The van der Waals surface area contributed by atoms with Crippen LogP contribution in [0.15, 0.2) is 18.2 Å². The lowest BCUT2D eigenvalue weighted by Gasteiger charge is -2.36. The van der Waals surface area contributed by atoms with Crippen LogP contribution in [-0.2, 0) is 0 Å². The fourth-order valence-corrected chi connectivity index (χ4v) is 2.51. The Morgan fingerprint density at radius 2 is 2.11 bits per heavy atom. The Kier molecular flexibility index (Phi) is 3.83. The van der Waals surface area contributed by atoms with Crippen LogP contribution in [0.3, 0.4) is 0 Å². The molecule has 19 heavy (non-hydrogen) atoms. The largest absolute Gasteiger partial charge is 0.366 e. The number of piperidine rings is 1. The maximum atomic E-state index is 11.1. The highest BCUT2D eigenvalue weighted by Gasteiger charge is 2.27. The Hall–Kier alpha value is -1.91. The molecule has 0 spiro atoms. The van der Waals surface area contributed by atoms with Crippen molar-refractivity contribution >= 4 is 17.7 Å². The lowest BCUT2D eigenvalue weighted by molar-refractivity contribution is -0.384. The fraction of sp³-hybridized carbons (Fsp3) is 0.500. The Morgan fingerprint density at radius 3 is 2.68 bits per heavy atom. The second kappa shape index (κ2) is 5.38. The summed E-state index contributed by atoms with van der Waals surface area (Å²) in [5.41, 5.74) is 0.981. The third-order valence-electron chi connectivity index (χ3n) is 4.01. The number of nitro benzene ring substituents is 1. The van der Waals surface area contributed by atoms with E-state index >= 15 is 0 Å². The minimum atomic E-state index is -0.412. The van der Waals surface area contributed by atoms with Crippen LogP contribution in [0.2, 0.25) is 0 Å². The molecule has 2 atom stereocenters. The number of hydrogen-bond donors (Lipinski definition) is 0. The summed E-state index contributed by atoms with van der Waals surface area (Å²) < 4.78 is 0. The first kappa shape index (κ1) is 13.5. The third-order valence-corrected chi connectivity index (χ3v) is 4.01. The smallest absolute Gasteiger partial charge is 0.293 e. The van der Waals surface area contributed by atoms with E-state index in [0.29, 0.717) is 29.4 Å². The minimum absolute atomic E-state index is 0.0198. The van der Waals surface area contributed by atoms with Gasteiger partial charge in [-0.3, -0.25) is 14.9 Å². The molecule has 5 heteroatoms. The van der Waals surface area contributed by atoms with E-state index in [1.165, 1.54) is 6.07 Å². The molecule has 1 aromatic carbocycles. The second-order valence-corrected chi connectivity index (χ2v) is 5.31. The van der Waals surface area contributed by atoms with Crippen molar-refractivity contribution in [2.24, 2.45) is 11.8 Å². The minimum Gasteiger partial charge on any atom is -0.366 e. The highest BCUT2D eigenvalue weighted by Crippen LogP contribution is 2.33. The van der Waals surface area contributed by atoms with Gasteiger partial charge in [0, 0.05) is 24.7 Å². The number of anilines is 1. The van der Waals surface area contributed by atoms with Crippen molar-refractivity contribution in [3.05, 3.63) is 33.9 Å². The van der Waals surface area contributed by atoms with Gasteiger partial charge in [-0.15, -0.1) is 0 Å². The molecule has 0 amide bonds. The van der Waals surface area contributed by atoms with Crippen molar-refractivity contribution in [2.45, 2.75) is 20.3 Å². The Balaban J connectivity index is 2.34. The predicted octanol–water partition coefficient (Wildman–Crippen LogP) is 2.89. The van der Waals surface area contributed by atoms with Gasteiger partial charge in [-0.1, -0.05) is 13.8 Å². The molecule has 1 aliphatic heterocycles. The molecule has 0 N–H and O–H groups in total. The molecular formula is C14H18N2O3. The molecule has 2 unspecified atom stereocenters. The van der Waals surface area contributed by atoms with Gasteiger partial charge in [0.05, 0.1) is 4.92 Å². The van der Waals surface area contributed by atoms with E-state index in [4.69, 9.17) is 0 Å². The molecule has 0 aliphatic carbocycles. The van der Waals surface area contributed by atoms with E-state index < -0.39 is 4.92 Å². The van der Waals surface area contributed by atoms with Gasteiger partial charge >= 0.3 is 0 Å². The summed E-state index contributed by atoms with van der Waals surface area (Å²) >= 11 is 0. The van der Waals surface area contributed by atoms with E-state index in [2.05, 4.69) is 18.7 Å². The fourth-order valence-electron chi connectivity index (χ4n) is 2.51. The highest BCUT2D eigenvalue weighted by atomic mass is 16.6. The van der Waals surface area contributed by atoms with Gasteiger partial charge in [0.1, 0.15) is 12.0 Å². The third kappa shape index (κ3) is 2.75. The van der Waals surface area contributed by atoms with Gasteiger partial charge in [0.15, 0.2) is 0 Å². The van der Waals surface area contributed by atoms with Crippen LogP contribution in [0.1, 0.15) is 30.6 Å². The van der Waals surface area contributed by atoms with Crippen LogP contribution in [0, 0.1) is 22.0 Å². The highest BCUT2D eigenvalue weighted by molar-refractivity contribution is 5.79. The first-order chi connectivity index (χ1) is 9.02. The van der Waals surface area contributed by atoms with Crippen molar-refractivity contribution in [1.82, 2.24) is 0 Å². The SMILES string of the molecule is CC1CCN(c2ccc(C=O)cc2[N+](=O)[O-])CC1C. The molecule has 1 fully saturated rings. The molecule has 0 bridgehead atoms. The van der Waals surface area contributed by atoms with E-state index in [9.17, 15) is 14.9 Å². The first-order valence-electron chi connectivity index (χ1n) is 6.51. The zero-order valence-corrected chi connectivity index (χ0v) is 11.2. The van der Waals surface area contributed by atoms with Crippen molar-refractivity contribution in [2.75, 3.05) is 18.0 Å². The van der Waals surface area contributed by atoms with Crippen molar-refractivity contribution < 1.29 is 9.72 Å². The Labute approximate surface area is 112 Å². The molecule has 0 aromatic heterocycles. The quantitative estimate of drug-likeness (QED) is 0.477. The Bertz CT molecular complexity index is 501. The van der Waals surface area contributed by atoms with E-state index in [1.807, 2.05) is 0 Å². The summed E-state index contributed by atoms with van der Waals surface area (Å²) in [5, 5.41) is 11.1. The lowest BCUT2D eigenvalue weighted by Crippen LogP contribution is -2.38. The molecule has 0 radical (unpaired) electrons. The van der Waals surface area contributed by atoms with Crippen molar-refractivity contribution in [3.63, 3.8) is 0 Å². The van der Waals surface area contributed by atoms with Gasteiger partial charge in [-0.25, -0.2) is 0 Å². The summed E-state index contributed by atoms with van der Waals surface area (Å²) in [6, 6.07) is 4.67. The summed E-state index contributed by atoms with van der Waals surface area (Å²) in [6.07, 6.45) is 1.67. The zero-order valence-electron chi connectivity index (χ0n) is 11.2. The van der Waals surface area contributed by atoms with Crippen LogP contribution < -0.4 is 4.90 Å². The standard InChI is InChI=1S/C14H18N2O3/c1-10-5-6-15(8-11(10)2)13-4-3-12(9-17)7-14(13)16(18)19/h3-4,7,9-11H,5-6,8H2,1-2H3. The topological polar surface area (TPSA) is 63.5 Å². The number of nitro groups is 1. The summed E-state index contributed by atoms with van der Waals surface area (Å²) in [7, 11) is 0. The van der Waals surface area contributed by atoms with Gasteiger partial charge in [-0.2, -0.15) is 0 Å². The number of hydrogen-bond acceptors (Lipinski definition) is 4. The summed E-state index contributed by atoms with van der Waals surface area (Å²) in [4.78, 5) is 23.5. The molecule has 2 rings (SSSR count). The number of benzene rings is 1. The van der Waals surface area contributed by atoms with Gasteiger partial charge < -0.3 is 4.90 Å². The predicted molar refractivity (Wildman–Crippen MR) is 73.6 cm³/mol. The normalized spacial score (nSPS) is 23.2. The molecule has 5 nitrogen and oxygen atoms in total.